The molecule has 2 aromatic carbocycles. The van der Waals surface area contributed by atoms with Crippen LogP contribution in [0.25, 0.3) is 10.8 Å². The van der Waals surface area contributed by atoms with Gasteiger partial charge >= 0.3 is 0 Å². The molecule has 2 aromatic rings. The monoisotopic (exact) mass is 298 g/mol. The van der Waals surface area contributed by atoms with Crippen molar-refractivity contribution < 1.29 is 9.59 Å². The SMILES string of the molecule is CCCCCNC(=O)CNC(=O)c1ccc2ccccc2c1. The van der Waals surface area contributed by atoms with Crippen LogP contribution in [0.15, 0.2) is 42.5 Å². The molecule has 0 saturated heterocycles. The van der Waals surface area contributed by atoms with Crippen LogP contribution in [-0.4, -0.2) is 24.9 Å². The van der Waals surface area contributed by atoms with Gasteiger partial charge in [0.05, 0.1) is 6.54 Å². The van der Waals surface area contributed by atoms with Crippen LogP contribution in [0.2, 0.25) is 0 Å². The van der Waals surface area contributed by atoms with E-state index in [4.69, 9.17) is 0 Å². The van der Waals surface area contributed by atoms with Gasteiger partial charge in [0, 0.05) is 12.1 Å². The van der Waals surface area contributed by atoms with Crippen LogP contribution in [-0.2, 0) is 4.79 Å². The highest BCUT2D eigenvalue weighted by molar-refractivity contribution is 5.99. The average Bonchev–Trinajstić information content (AvgIpc) is 2.56. The maximum atomic E-state index is 12.1. The Balaban J connectivity index is 1.84. The van der Waals surface area contributed by atoms with Gasteiger partial charge in [-0.1, -0.05) is 50.1 Å². The Bertz CT molecular complexity index is 652. The summed E-state index contributed by atoms with van der Waals surface area (Å²) in [5.74, 6) is -0.375. The van der Waals surface area contributed by atoms with Gasteiger partial charge in [0.2, 0.25) is 5.91 Å². The summed E-state index contributed by atoms with van der Waals surface area (Å²) in [5.41, 5.74) is 0.567. The van der Waals surface area contributed by atoms with E-state index in [1.54, 1.807) is 6.07 Å². The maximum absolute atomic E-state index is 12.1. The second kappa shape index (κ2) is 8.17. The van der Waals surface area contributed by atoms with Crippen LogP contribution in [0.1, 0.15) is 36.5 Å². The maximum Gasteiger partial charge on any atom is 0.251 e. The Hall–Kier alpha value is -2.36. The zero-order valence-electron chi connectivity index (χ0n) is 12.9. The van der Waals surface area contributed by atoms with E-state index in [0.717, 1.165) is 30.0 Å². The molecule has 4 heteroatoms. The molecule has 0 fully saturated rings. The fraction of sp³-hybridized carbons (Fsp3) is 0.333. The number of benzene rings is 2. The zero-order chi connectivity index (χ0) is 15.8. The summed E-state index contributed by atoms with van der Waals surface area (Å²) >= 11 is 0. The molecule has 0 atom stereocenters. The first-order valence-electron chi connectivity index (χ1n) is 7.74. The minimum atomic E-state index is -0.227. The molecule has 0 aliphatic carbocycles. The van der Waals surface area contributed by atoms with Crippen LogP contribution in [0.5, 0.6) is 0 Å². The van der Waals surface area contributed by atoms with Crippen LogP contribution in [0.4, 0.5) is 0 Å². The number of rotatable bonds is 7. The van der Waals surface area contributed by atoms with Crippen LogP contribution in [0, 0.1) is 0 Å². The molecule has 0 saturated carbocycles. The van der Waals surface area contributed by atoms with Crippen molar-refractivity contribution >= 4 is 22.6 Å². The molecule has 0 aliphatic heterocycles. The van der Waals surface area contributed by atoms with E-state index < -0.39 is 0 Å². The lowest BCUT2D eigenvalue weighted by Gasteiger charge is -2.07. The van der Waals surface area contributed by atoms with E-state index in [-0.39, 0.29) is 18.4 Å². The number of unbranched alkanes of at least 4 members (excludes halogenated alkanes) is 2. The highest BCUT2D eigenvalue weighted by Gasteiger charge is 2.08. The van der Waals surface area contributed by atoms with Crippen molar-refractivity contribution in [1.29, 1.82) is 0 Å². The smallest absolute Gasteiger partial charge is 0.251 e. The van der Waals surface area contributed by atoms with Crippen molar-refractivity contribution in [2.24, 2.45) is 0 Å². The minimum Gasteiger partial charge on any atom is -0.355 e. The molecule has 0 aromatic heterocycles. The summed E-state index contributed by atoms with van der Waals surface area (Å²) in [7, 11) is 0. The van der Waals surface area contributed by atoms with E-state index in [2.05, 4.69) is 17.6 Å². The highest BCUT2D eigenvalue weighted by atomic mass is 16.2. The molecule has 0 radical (unpaired) electrons. The van der Waals surface area contributed by atoms with Gasteiger partial charge in [-0.15, -0.1) is 0 Å². The minimum absolute atomic E-state index is 0.0117. The molecule has 2 amide bonds. The van der Waals surface area contributed by atoms with Gasteiger partial charge in [-0.25, -0.2) is 0 Å². The van der Waals surface area contributed by atoms with E-state index in [0.29, 0.717) is 12.1 Å². The topological polar surface area (TPSA) is 58.2 Å². The Morgan fingerprint density at radius 1 is 0.955 bits per heavy atom. The number of fused-ring (bicyclic) bond motifs is 1. The molecule has 0 unspecified atom stereocenters. The first kappa shape index (κ1) is 16.0. The van der Waals surface area contributed by atoms with E-state index >= 15 is 0 Å². The molecule has 0 spiro atoms. The standard InChI is InChI=1S/C18H22N2O2/c1-2-3-6-11-19-17(21)13-20-18(22)16-10-9-14-7-4-5-8-15(14)12-16/h4-5,7-10,12H,2-3,6,11,13H2,1H3,(H,19,21)(H,20,22). The van der Waals surface area contributed by atoms with Gasteiger partial charge in [0.25, 0.3) is 5.91 Å². The van der Waals surface area contributed by atoms with Crippen LogP contribution < -0.4 is 10.6 Å². The fourth-order valence-corrected chi connectivity index (χ4v) is 2.26. The van der Waals surface area contributed by atoms with Gasteiger partial charge in [0.1, 0.15) is 0 Å². The van der Waals surface area contributed by atoms with E-state index in [1.807, 2.05) is 36.4 Å². The summed E-state index contributed by atoms with van der Waals surface area (Å²) in [5, 5.41) is 7.56. The highest BCUT2D eigenvalue weighted by Crippen LogP contribution is 2.15. The van der Waals surface area contributed by atoms with E-state index in [9.17, 15) is 9.59 Å². The van der Waals surface area contributed by atoms with Gasteiger partial charge < -0.3 is 10.6 Å². The summed E-state index contributed by atoms with van der Waals surface area (Å²) in [6.45, 7) is 2.79. The van der Waals surface area contributed by atoms with E-state index in [1.165, 1.54) is 0 Å². The molecule has 0 bridgehead atoms. The number of hydrogen-bond donors (Lipinski definition) is 2. The molecule has 22 heavy (non-hydrogen) atoms. The summed E-state index contributed by atoms with van der Waals surface area (Å²) in [6.07, 6.45) is 3.19. The normalized spacial score (nSPS) is 10.4. The second-order valence-electron chi connectivity index (χ2n) is 5.30. The fourth-order valence-electron chi connectivity index (χ4n) is 2.26. The lowest BCUT2D eigenvalue weighted by atomic mass is 10.1. The van der Waals surface area contributed by atoms with Crippen molar-refractivity contribution in [3.05, 3.63) is 48.0 Å². The lowest BCUT2D eigenvalue weighted by Crippen LogP contribution is -2.37. The zero-order valence-corrected chi connectivity index (χ0v) is 12.9. The third kappa shape index (κ3) is 4.58. The average molecular weight is 298 g/mol. The van der Waals surface area contributed by atoms with Crippen molar-refractivity contribution in [3.8, 4) is 0 Å². The summed E-state index contributed by atoms with van der Waals surface area (Å²) < 4.78 is 0. The van der Waals surface area contributed by atoms with Gasteiger partial charge in [0.15, 0.2) is 0 Å². The molecule has 2 N–H and O–H groups in total. The van der Waals surface area contributed by atoms with Crippen molar-refractivity contribution in [2.45, 2.75) is 26.2 Å². The number of carbonyl (C=O) groups is 2. The Morgan fingerprint density at radius 2 is 1.73 bits per heavy atom. The van der Waals surface area contributed by atoms with Crippen molar-refractivity contribution in [1.82, 2.24) is 10.6 Å². The lowest BCUT2D eigenvalue weighted by molar-refractivity contribution is -0.120. The van der Waals surface area contributed by atoms with Crippen molar-refractivity contribution in [3.63, 3.8) is 0 Å². The number of carbonyl (C=O) groups excluding carboxylic acids is 2. The molecule has 116 valence electrons. The Labute approximate surface area is 130 Å². The predicted molar refractivity (Wildman–Crippen MR) is 88.8 cm³/mol. The Kier molecular flexibility index (Phi) is 5.95. The van der Waals surface area contributed by atoms with Gasteiger partial charge in [-0.3, -0.25) is 9.59 Å². The first-order chi connectivity index (χ1) is 10.7. The summed E-state index contributed by atoms with van der Waals surface area (Å²) in [4.78, 5) is 23.7. The third-order valence-electron chi connectivity index (χ3n) is 3.52. The molecule has 2 rings (SSSR count). The quantitative estimate of drug-likeness (QED) is 0.772. The first-order valence-corrected chi connectivity index (χ1v) is 7.74. The molecule has 0 aliphatic rings. The second-order valence-corrected chi connectivity index (χ2v) is 5.30. The molecular formula is C18H22N2O2. The van der Waals surface area contributed by atoms with Gasteiger partial charge in [-0.2, -0.15) is 0 Å². The van der Waals surface area contributed by atoms with Crippen LogP contribution >= 0.6 is 0 Å². The largest absolute Gasteiger partial charge is 0.355 e. The molecule has 4 nitrogen and oxygen atoms in total. The molecular weight excluding hydrogens is 276 g/mol. The van der Waals surface area contributed by atoms with Crippen molar-refractivity contribution in [2.75, 3.05) is 13.1 Å². The predicted octanol–water partition coefficient (Wildman–Crippen LogP) is 2.88. The van der Waals surface area contributed by atoms with Gasteiger partial charge in [-0.05, 0) is 29.3 Å². The third-order valence-corrected chi connectivity index (χ3v) is 3.52. The Morgan fingerprint density at radius 3 is 2.50 bits per heavy atom. The number of hydrogen-bond acceptors (Lipinski definition) is 2. The number of amides is 2. The summed E-state index contributed by atoms with van der Waals surface area (Å²) in [6, 6.07) is 13.4. The molecule has 0 heterocycles. The van der Waals surface area contributed by atoms with Crippen LogP contribution in [0.3, 0.4) is 0 Å². The number of nitrogens with one attached hydrogen (secondary N) is 2.